The molecule has 0 unspecified atom stereocenters. The number of nitrogens with zero attached hydrogens (tertiary/aromatic N) is 2. The van der Waals surface area contributed by atoms with Gasteiger partial charge in [-0.15, -0.1) is 0 Å². The van der Waals surface area contributed by atoms with Crippen molar-refractivity contribution in [2.75, 3.05) is 33.9 Å². The molecule has 1 aliphatic rings. The van der Waals surface area contributed by atoms with E-state index in [9.17, 15) is 5.11 Å². The fourth-order valence-corrected chi connectivity index (χ4v) is 3.78. The van der Waals surface area contributed by atoms with Crippen LogP contribution in [-0.4, -0.2) is 55.9 Å². The Labute approximate surface area is 184 Å². The lowest BCUT2D eigenvalue weighted by Gasteiger charge is -2.30. The van der Waals surface area contributed by atoms with Gasteiger partial charge in [-0.05, 0) is 48.1 Å². The lowest BCUT2D eigenvalue weighted by molar-refractivity contribution is 0.0791. The van der Waals surface area contributed by atoms with Gasteiger partial charge in [0.25, 0.3) is 0 Å². The molecule has 1 saturated heterocycles. The largest absolute Gasteiger partial charge is 0.493 e. The SMILES string of the molecule is COc1ccc(CCNC(N)=NCc2ccccc2CN2CCC(O)CC2)cc1OC. The van der Waals surface area contributed by atoms with Gasteiger partial charge in [0.15, 0.2) is 17.5 Å². The maximum absolute atomic E-state index is 9.71. The summed E-state index contributed by atoms with van der Waals surface area (Å²) in [5.74, 6) is 1.89. The number of nitrogens with one attached hydrogen (secondary N) is 1. The van der Waals surface area contributed by atoms with Crippen molar-refractivity contribution in [3.05, 3.63) is 59.2 Å². The highest BCUT2D eigenvalue weighted by Crippen LogP contribution is 2.27. The first-order valence-electron chi connectivity index (χ1n) is 10.8. The quantitative estimate of drug-likeness (QED) is 0.421. The number of rotatable bonds is 9. The first kappa shape index (κ1) is 22.9. The molecule has 0 saturated carbocycles. The third kappa shape index (κ3) is 6.87. The highest BCUT2D eigenvalue weighted by Gasteiger charge is 2.17. The van der Waals surface area contributed by atoms with Gasteiger partial charge >= 0.3 is 0 Å². The molecule has 4 N–H and O–H groups in total. The number of methoxy groups -OCH3 is 2. The first-order chi connectivity index (χ1) is 15.1. The van der Waals surface area contributed by atoms with Crippen LogP contribution in [0.4, 0.5) is 0 Å². The van der Waals surface area contributed by atoms with Crippen LogP contribution in [-0.2, 0) is 19.5 Å². The zero-order valence-corrected chi connectivity index (χ0v) is 18.5. The van der Waals surface area contributed by atoms with Gasteiger partial charge in [0.1, 0.15) is 0 Å². The summed E-state index contributed by atoms with van der Waals surface area (Å²) in [4.78, 5) is 6.92. The molecule has 3 rings (SSSR count). The minimum atomic E-state index is -0.152. The second-order valence-electron chi connectivity index (χ2n) is 7.84. The van der Waals surface area contributed by atoms with Crippen LogP contribution < -0.4 is 20.5 Å². The molecule has 0 bridgehead atoms. The number of nitrogens with two attached hydrogens (primary N) is 1. The molecule has 31 heavy (non-hydrogen) atoms. The summed E-state index contributed by atoms with van der Waals surface area (Å²) >= 11 is 0. The molecular formula is C24H34N4O3. The summed E-state index contributed by atoms with van der Waals surface area (Å²) in [6, 6.07) is 14.3. The molecule has 1 fully saturated rings. The number of ether oxygens (including phenoxy) is 2. The number of hydrogen-bond acceptors (Lipinski definition) is 5. The maximum atomic E-state index is 9.71. The molecule has 2 aromatic rings. The number of hydrogen-bond donors (Lipinski definition) is 3. The minimum Gasteiger partial charge on any atom is -0.493 e. The maximum Gasteiger partial charge on any atom is 0.188 e. The topological polar surface area (TPSA) is 92.3 Å². The van der Waals surface area contributed by atoms with E-state index in [1.54, 1.807) is 14.2 Å². The van der Waals surface area contributed by atoms with Crippen molar-refractivity contribution in [3.8, 4) is 11.5 Å². The van der Waals surface area contributed by atoms with Crippen LogP contribution in [0.25, 0.3) is 0 Å². The Morgan fingerprint density at radius 3 is 2.52 bits per heavy atom. The van der Waals surface area contributed by atoms with Crippen molar-refractivity contribution < 1.29 is 14.6 Å². The molecule has 0 amide bonds. The zero-order chi connectivity index (χ0) is 22.1. The van der Waals surface area contributed by atoms with E-state index in [1.807, 2.05) is 24.3 Å². The number of guanidine groups is 1. The molecule has 2 aromatic carbocycles. The summed E-state index contributed by atoms with van der Waals surface area (Å²) in [5.41, 5.74) is 9.67. The lowest BCUT2D eigenvalue weighted by Crippen LogP contribution is -2.35. The van der Waals surface area contributed by atoms with Crippen LogP contribution in [0.2, 0.25) is 0 Å². The smallest absolute Gasteiger partial charge is 0.188 e. The van der Waals surface area contributed by atoms with Gasteiger partial charge in [0.2, 0.25) is 0 Å². The van der Waals surface area contributed by atoms with E-state index in [4.69, 9.17) is 15.2 Å². The molecule has 0 aromatic heterocycles. The van der Waals surface area contributed by atoms with Crippen molar-refractivity contribution in [2.24, 2.45) is 10.7 Å². The summed E-state index contributed by atoms with van der Waals surface area (Å²) < 4.78 is 10.6. The summed E-state index contributed by atoms with van der Waals surface area (Å²) in [7, 11) is 3.27. The van der Waals surface area contributed by atoms with Gasteiger partial charge in [0, 0.05) is 26.2 Å². The Hall–Kier alpha value is -2.77. The molecule has 0 aliphatic carbocycles. The average Bonchev–Trinajstić information content (AvgIpc) is 2.80. The van der Waals surface area contributed by atoms with Gasteiger partial charge < -0.3 is 25.6 Å². The van der Waals surface area contributed by atoms with Gasteiger partial charge in [-0.25, -0.2) is 4.99 Å². The molecule has 7 heteroatoms. The van der Waals surface area contributed by atoms with E-state index in [0.717, 1.165) is 56.0 Å². The van der Waals surface area contributed by atoms with Crippen molar-refractivity contribution in [3.63, 3.8) is 0 Å². The number of aliphatic hydroxyl groups is 1. The van der Waals surface area contributed by atoms with Gasteiger partial charge in [-0.2, -0.15) is 0 Å². The van der Waals surface area contributed by atoms with Crippen LogP contribution in [0.5, 0.6) is 11.5 Å². The van der Waals surface area contributed by atoms with Gasteiger partial charge in [-0.1, -0.05) is 30.3 Å². The Morgan fingerprint density at radius 1 is 1.10 bits per heavy atom. The van der Waals surface area contributed by atoms with Crippen LogP contribution in [0.1, 0.15) is 29.5 Å². The molecule has 1 aliphatic heterocycles. The molecular weight excluding hydrogens is 392 g/mol. The van der Waals surface area contributed by atoms with E-state index in [1.165, 1.54) is 11.1 Å². The molecule has 0 radical (unpaired) electrons. The Kier molecular flexibility index (Phi) is 8.55. The highest BCUT2D eigenvalue weighted by atomic mass is 16.5. The van der Waals surface area contributed by atoms with Crippen LogP contribution in [0.3, 0.4) is 0 Å². The number of piperidine rings is 1. The summed E-state index contributed by atoms with van der Waals surface area (Å²) in [6.07, 6.45) is 2.34. The predicted molar refractivity (Wildman–Crippen MR) is 124 cm³/mol. The van der Waals surface area contributed by atoms with Crippen molar-refractivity contribution in [1.29, 1.82) is 0 Å². The Morgan fingerprint density at radius 2 is 1.81 bits per heavy atom. The Balaban J connectivity index is 1.50. The van der Waals surface area contributed by atoms with Crippen LogP contribution >= 0.6 is 0 Å². The van der Waals surface area contributed by atoms with E-state index in [2.05, 4.69) is 33.4 Å². The van der Waals surface area contributed by atoms with E-state index < -0.39 is 0 Å². The lowest BCUT2D eigenvalue weighted by atomic mass is 10.0. The number of aliphatic imine (C=N–C) groups is 1. The van der Waals surface area contributed by atoms with Crippen molar-refractivity contribution in [1.82, 2.24) is 10.2 Å². The van der Waals surface area contributed by atoms with E-state index in [-0.39, 0.29) is 6.10 Å². The normalized spacial score (nSPS) is 15.6. The first-order valence-corrected chi connectivity index (χ1v) is 10.8. The van der Waals surface area contributed by atoms with Gasteiger partial charge in [0.05, 0.1) is 26.9 Å². The minimum absolute atomic E-state index is 0.152. The third-order valence-corrected chi connectivity index (χ3v) is 5.66. The van der Waals surface area contributed by atoms with Crippen molar-refractivity contribution >= 4 is 5.96 Å². The Bertz CT molecular complexity index is 864. The standard InChI is InChI=1S/C24H34N4O3/c1-30-22-8-7-18(15-23(22)31-2)9-12-26-24(25)27-16-19-5-3-4-6-20(19)17-28-13-10-21(29)11-14-28/h3-8,15,21,29H,9-14,16-17H2,1-2H3,(H3,25,26,27). The highest BCUT2D eigenvalue weighted by molar-refractivity contribution is 5.77. The molecule has 0 atom stereocenters. The fraction of sp³-hybridized carbons (Fsp3) is 0.458. The van der Waals surface area contributed by atoms with Crippen LogP contribution in [0.15, 0.2) is 47.5 Å². The fourth-order valence-electron chi connectivity index (χ4n) is 3.78. The molecule has 7 nitrogen and oxygen atoms in total. The molecule has 1 heterocycles. The van der Waals surface area contributed by atoms with Crippen LogP contribution in [0, 0.1) is 0 Å². The third-order valence-electron chi connectivity index (χ3n) is 5.66. The second-order valence-corrected chi connectivity index (χ2v) is 7.84. The van der Waals surface area contributed by atoms with E-state index >= 15 is 0 Å². The molecule has 168 valence electrons. The second kappa shape index (κ2) is 11.6. The number of likely N-dealkylation sites (tertiary alicyclic amines) is 1. The monoisotopic (exact) mass is 426 g/mol. The molecule has 0 spiro atoms. The summed E-state index contributed by atoms with van der Waals surface area (Å²) in [6.45, 7) is 3.96. The number of aliphatic hydroxyl groups excluding tert-OH is 1. The van der Waals surface area contributed by atoms with Gasteiger partial charge in [-0.3, -0.25) is 4.90 Å². The predicted octanol–water partition coefficient (Wildman–Crippen LogP) is 2.31. The average molecular weight is 427 g/mol. The van der Waals surface area contributed by atoms with E-state index in [0.29, 0.717) is 19.0 Å². The van der Waals surface area contributed by atoms with Crippen molar-refractivity contribution in [2.45, 2.75) is 38.5 Å². The summed E-state index contributed by atoms with van der Waals surface area (Å²) in [5, 5.41) is 12.9. The zero-order valence-electron chi connectivity index (χ0n) is 18.5. The number of benzene rings is 2.